The molecule has 0 spiro atoms. The van der Waals surface area contributed by atoms with Crippen LogP contribution in [-0.4, -0.2) is 51.9 Å². The lowest BCUT2D eigenvalue weighted by Gasteiger charge is -2.31. The van der Waals surface area contributed by atoms with E-state index in [4.69, 9.17) is 5.73 Å². The van der Waals surface area contributed by atoms with Crippen LogP contribution < -0.4 is 11.1 Å². The number of alkyl halides is 2. The van der Waals surface area contributed by atoms with Gasteiger partial charge in [0.05, 0.1) is 12.1 Å². The van der Waals surface area contributed by atoms with Crippen molar-refractivity contribution in [1.82, 2.24) is 14.7 Å². The van der Waals surface area contributed by atoms with E-state index in [0.717, 1.165) is 0 Å². The number of aldehydes is 1. The lowest BCUT2D eigenvalue weighted by Crippen LogP contribution is -2.44. The molecule has 0 saturated carbocycles. The van der Waals surface area contributed by atoms with Crippen molar-refractivity contribution in [2.75, 3.05) is 18.4 Å². The monoisotopic (exact) mass is 365 g/mol. The average molecular weight is 365 g/mol. The Balaban J connectivity index is 1.82. The normalized spacial score (nSPS) is 16.5. The van der Waals surface area contributed by atoms with Crippen molar-refractivity contribution in [3.05, 3.63) is 23.9 Å². The van der Waals surface area contributed by atoms with Crippen LogP contribution in [0.4, 0.5) is 19.3 Å². The predicted octanol–water partition coefficient (Wildman–Crippen LogP) is 1.60. The van der Waals surface area contributed by atoms with Gasteiger partial charge in [0, 0.05) is 37.0 Å². The molecule has 10 heteroatoms. The summed E-state index contributed by atoms with van der Waals surface area (Å²) in [5.41, 5.74) is 6.18. The first-order valence-electron chi connectivity index (χ1n) is 7.98. The molecule has 138 valence electrons. The maximum Gasteiger partial charge on any atom is 0.321 e. The van der Waals surface area contributed by atoms with Gasteiger partial charge in [-0.1, -0.05) is 0 Å². The third-order valence-electron chi connectivity index (χ3n) is 4.26. The number of rotatable bonds is 4. The molecule has 2 heterocycles. The maximum atomic E-state index is 13.2. The maximum absolute atomic E-state index is 13.2. The summed E-state index contributed by atoms with van der Waals surface area (Å²) in [5.74, 6) is -3.50. The van der Waals surface area contributed by atoms with Crippen LogP contribution in [0.1, 0.15) is 23.3 Å². The summed E-state index contributed by atoms with van der Waals surface area (Å²) in [6, 6.07) is 4.19. The molecule has 8 nitrogen and oxygen atoms in total. The second-order valence-electron chi connectivity index (χ2n) is 6.07. The van der Waals surface area contributed by atoms with Crippen LogP contribution in [0.25, 0.3) is 10.9 Å². The van der Waals surface area contributed by atoms with E-state index < -0.39 is 17.9 Å². The SMILES string of the molecule is NC(=O)c1nn(CC=O)c2ccc(NC(=O)N3CCC(F)(F)CC3)cc12. The number of halogens is 2. The van der Waals surface area contributed by atoms with Crippen LogP contribution in [0.2, 0.25) is 0 Å². The van der Waals surface area contributed by atoms with Crippen molar-refractivity contribution in [2.24, 2.45) is 5.73 Å². The van der Waals surface area contributed by atoms with Gasteiger partial charge in [0.15, 0.2) is 5.69 Å². The molecule has 0 atom stereocenters. The molecule has 3 amide bonds. The van der Waals surface area contributed by atoms with Crippen molar-refractivity contribution in [3.8, 4) is 0 Å². The Kier molecular flexibility index (Phi) is 4.58. The molecular weight excluding hydrogens is 348 g/mol. The summed E-state index contributed by atoms with van der Waals surface area (Å²) in [6.45, 7) is -0.118. The van der Waals surface area contributed by atoms with Crippen molar-refractivity contribution in [2.45, 2.75) is 25.3 Å². The number of fused-ring (bicyclic) bond motifs is 1. The molecule has 1 aliphatic rings. The highest BCUT2D eigenvalue weighted by atomic mass is 19.3. The number of amides is 3. The first-order chi connectivity index (χ1) is 12.3. The first-order valence-corrected chi connectivity index (χ1v) is 7.98. The molecule has 0 aliphatic carbocycles. The average Bonchev–Trinajstić information content (AvgIpc) is 2.93. The van der Waals surface area contributed by atoms with Gasteiger partial charge < -0.3 is 20.7 Å². The molecule has 0 radical (unpaired) electrons. The van der Waals surface area contributed by atoms with Gasteiger partial charge >= 0.3 is 6.03 Å². The number of likely N-dealkylation sites (tertiary alicyclic amines) is 1. The van der Waals surface area contributed by atoms with E-state index >= 15 is 0 Å². The minimum absolute atomic E-state index is 0.0180. The minimum Gasteiger partial charge on any atom is -0.364 e. The second-order valence-corrected chi connectivity index (χ2v) is 6.07. The Bertz CT molecular complexity index is 870. The highest BCUT2D eigenvalue weighted by molar-refractivity contribution is 6.05. The number of nitrogens with two attached hydrogens (primary N) is 1. The van der Waals surface area contributed by atoms with Gasteiger partial charge in [0.25, 0.3) is 11.8 Å². The Morgan fingerprint density at radius 1 is 1.31 bits per heavy atom. The number of carbonyl (C=O) groups excluding carboxylic acids is 3. The zero-order chi connectivity index (χ0) is 18.9. The van der Waals surface area contributed by atoms with Gasteiger partial charge in [-0.2, -0.15) is 5.10 Å². The van der Waals surface area contributed by atoms with E-state index in [9.17, 15) is 23.2 Å². The third-order valence-corrected chi connectivity index (χ3v) is 4.26. The first kappa shape index (κ1) is 17.8. The Hall–Kier alpha value is -3.04. The van der Waals surface area contributed by atoms with E-state index in [1.807, 2.05) is 0 Å². The fourth-order valence-corrected chi connectivity index (χ4v) is 2.89. The summed E-state index contributed by atoms with van der Waals surface area (Å²) >= 11 is 0. The molecule has 0 unspecified atom stereocenters. The number of nitrogens with zero attached hydrogens (tertiary/aromatic N) is 3. The number of hydrogen-bond acceptors (Lipinski definition) is 4. The van der Waals surface area contributed by atoms with Crippen LogP contribution in [0, 0.1) is 0 Å². The number of primary amides is 1. The zero-order valence-electron chi connectivity index (χ0n) is 13.7. The number of hydrogen-bond donors (Lipinski definition) is 2. The largest absolute Gasteiger partial charge is 0.364 e. The Morgan fingerprint density at radius 2 is 2.00 bits per heavy atom. The fraction of sp³-hybridized carbons (Fsp3) is 0.375. The number of piperidine rings is 1. The van der Waals surface area contributed by atoms with Crippen molar-refractivity contribution < 1.29 is 23.2 Å². The zero-order valence-corrected chi connectivity index (χ0v) is 13.7. The highest BCUT2D eigenvalue weighted by Crippen LogP contribution is 2.28. The van der Waals surface area contributed by atoms with Crippen molar-refractivity contribution in [3.63, 3.8) is 0 Å². The van der Waals surface area contributed by atoms with Crippen LogP contribution in [0.15, 0.2) is 18.2 Å². The van der Waals surface area contributed by atoms with Crippen LogP contribution >= 0.6 is 0 Å². The smallest absolute Gasteiger partial charge is 0.321 e. The van der Waals surface area contributed by atoms with E-state index in [0.29, 0.717) is 22.9 Å². The lowest BCUT2D eigenvalue weighted by atomic mass is 10.1. The second kappa shape index (κ2) is 6.70. The van der Waals surface area contributed by atoms with Gasteiger partial charge in [-0.15, -0.1) is 0 Å². The number of nitrogens with one attached hydrogen (secondary N) is 1. The molecule has 1 aliphatic heterocycles. The van der Waals surface area contributed by atoms with E-state index in [-0.39, 0.29) is 38.2 Å². The lowest BCUT2D eigenvalue weighted by molar-refractivity contribution is -0.108. The van der Waals surface area contributed by atoms with Crippen LogP contribution in [0.5, 0.6) is 0 Å². The van der Waals surface area contributed by atoms with Gasteiger partial charge in [-0.25, -0.2) is 13.6 Å². The molecular formula is C16H17F2N5O3. The molecule has 1 aromatic carbocycles. The molecule has 2 aromatic rings. The molecule has 1 saturated heterocycles. The quantitative estimate of drug-likeness (QED) is 0.802. The van der Waals surface area contributed by atoms with Gasteiger partial charge in [0.2, 0.25) is 0 Å². The number of benzene rings is 1. The van der Waals surface area contributed by atoms with Crippen LogP contribution in [0.3, 0.4) is 0 Å². The standard InChI is InChI=1S/C16H17F2N5O3/c17-16(18)3-5-22(6-4-16)15(26)20-10-1-2-12-11(9-10)13(14(19)25)21-23(12)7-8-24/h1-2,8-9H,3-7H2,(H2,19,25)(H,20,26). The summed E-state index contributed by atoms with van der Waals surface area (Å²) in [7, 11) is 0. The molecule has 26 heavy (non-hydrogen) atoms. The van der Waals surface area contributed by atoms with Crippen molar-refractivity contribution >= 4 is 34.8 Å². The molecule has 1 fully saturated rings. The van der Waals surface area contributed by atoms with Gasteiger partial charge in [-0.3, -0.25) is 9.48 Å². The summed E-state index contributed by atoms with van der Waals surface area (Å²) in [4.78, 5) is 35.9. The fourth-order valence-electron chi connectivity index (χ4n) is 2.89. The number of aromatic nitrogens is 2. The number of urea groups is 1. The minimum atomic E-state index is -2.74. The van der Waals surface area contributed by atoms with E-state index in [1.54, 1.807) is 12.1 Å². The topological polar surface area (TPSA) is 110 Å². The third kappa shape index (κ3) is 3.48. The molecule has 0 bridgehead atoms. The van der Waals surface area contributed by atoms with Gasteiger partial charge in [-0.05, 0) is 18.2 Å². The van der Waals surface area contributed by atoms with Crippen LogP contribution in [-0.2, 0) is 11.3 Å². The molecule has 1 aromatic heterocycles. The van der Waals surface area contributed by atoms with Gasteiger partial charge in [0.1, 0.15) is 6.29 Å². The van der Waals surface area contributed by atoms with E-state index in [2.05, 4.69) is 10.4 Å². The summed E-state index contributed by atoms with van der Waals surface area (Å²) < 4.78 is 27.7. The van der Waals surface area contributed by atoms with Crippen molar-refractivity contribution in [1.29, 1.82) is 0 Å². The summed E-state index contributed by atoms with van der Waals surface area (Å²) in [6.07, 6.45) is -0.105. The predicted molar refractivity (Wildman–Crippen MR) is 89.1 cm³/mol. The summed E-state index contributed by atoms with van der Waals surface area (Å²) in [5, 5.41) is 7.02. The molecule has 3 N–H and O–H groups in total. The Morgan fingerprint density at radius 3 is 2.62 bits per heavy atom. The van der Waals surface area contributed by atoms with E-state index in [1.165, 1.54) is 15.6 Å². The Labute approximate surface area is 146 Å². The number of carbonyl (C=O) groups is 3. The number of anilines is 1. The highest BCUT2D eigenvalue weighted by Gasteiger charge is 2.35. The molecule has 3 rings (SSSR count).